The minimum atomic E-state index is -2.75. The van der Waals surface area contributed by atoms with E-state index in [2.05, 4.69) is 11.6 Å². The van der Waals surface area contributed by atoms with Crippen molar-refractivity contribution >= 4 is 17.3 Å². The van der Waals surface area contributed by atoms with Gasteiger partial charge in [-0.15, -0.1) is 0 Å². The maximum absolute atomic E-state index is 9.77. The van der Waals surface area contributed by atoms with Crippen molar-refractivity contribution < 1.29 is 13.6 Å². The molecule has 1 unspecified atom stereocenters. The van der Waals surface area contributed by atoms with E-state index in [1.807, 2.05) is 0 Å². The Hall–Kier alpha value is -0.660. The van der Waals surface area contributed by atoms with Crippen molar-refractivity contribution in [3.05, 3.63) is 0 Å². The summed E-state index contributed by atoms with van der Waals surface area (Å²) in [4.78, 5) is 9.77. The zero-order valence-electron chi connectivity index (χ0n) is 3.73. The summed E-state index contributed by atoms with van der Waals surface area (Å²) >= 11 is -2.75. The summed E-state index contributed by atoms with van der Waals surface area (Å²) in [6.45, 7) is 0. The highest BCUT2D eigenvalue weighted by Gasteiger charge is 2.00. The summed E-state index contributed by atoms with van der Waals surface area (Å²) in [6.07, 6.45) is 0. The van der Waals surface area contributed by atoms with Crippen LogP contribution in [0.3, 0.4) is 0 Å². The van der Waals surface area contributed by atoms with Gasteiger partial charge in [-0.25, -0.2) is 10.6 Å². The molecule has 0 aliphatic rings. The number of hydrogen-bond acceptors (Lipinski definition) is 4. The van der Waals surface area contributed by atoms with Crippen LogP contribution in [0.1, 0.15) is 0 Å². The molecule has 0 radical (unpaired) electrons. The number of hydrazine groups is 1. The van der Waals surface area contributed by atoms with Crippen LogP contribution in [0.15, 0.2) is 0 Å². The molecule has 6 nitrogen and oxygen atoms in total. The van der Waals surface area contributed by atoms with Gasteiger partial charge in [0.05, 0.1) is 11.3 Å². The molecular weight excluding hydrogens is 134 g/mol. The van der Waals surface area contributed by atoms with Gasteiger partial charge in [0.2, 0.25) is 0 Å². The van der Waals surface area contributed by atoms with Gasteiger partial charge in [0.25, 0.3) is 0 Å². The quantitative estimate of drug-likeness (QED) is 0.189. The number of rotatable bonds is 1. The molecule has 0 aromatic heterocycles. The Labute approximate surface area is 47.8 Å². The third-order valence-electron chi connectivity index (χ3n) is 0.378. The van der Waals surface area contributed by atoms with E-state index in [-0.39, 0.29) is 4.41 Å². The first-order valence-corrected chi connectivity index (χ1v) is 2.52. The monoisotopic (exact) mass is 138 g/mol. The van der Waals surface area contributed by atoms with E-state index in [4.69, 9.17) is 0 Å². The van der Waals surface area contributed by atoms with Crippen molar-refractivity contribution in [3.8, 4) is 0 Å². The van der Waals surface area contributed by atoms with Crippen LogP contribution in [-0.2, 0) is 11.3 Å². The minimum Gasteiger partial charge on any atom is -0.754 e. The van der Waals surface area contributed by atoms with Crippen LogP contribution in [0.4, 0.5) is 4.79 Å². The second-order valence-electron chi connectivity index (χ2n) is 0.881. The molecule has 7 heteroatoms. The fourth-order valence-corrected chi connectivity index (χ4v) is 0.220. The number of carbonyl (C=O) groups is 1. The van der Waals surface area contributed by atoms with Crippen molar-refractivity contribution in [3.63, 3.8) is 0 Å². The highest BCUT2D eigenvalue weighted by atomic mass is 32.2. The van der Waals surface area contributed by atoms with Gasteiger partial charge >= 0.3 is 6.03 Å². The Bertz CT molecular complexity index is 110. The second kappa shape index (κ2) is 2.60. The lowest BCUT2D eigenvalue weighted by Crippen LogP contribution is -2.42. The molecule has 0 saturated heterocycles. The molecule has 48 valence electrons. The van der Waals surface area contributed by atoms with Crippen molar-refractivity contribution in [1.29, 1.82) is 0 Å². The van der Waals surface area contributed by atoms with E-state index in [1.54, 1.807) is 0 Å². The smallest absolute Gasteiger partial charge is 0.340 e. The van der Waals surface area contributed by atoms with Gasteiger partial charge < -0.3 is 10.3 Å². The molecule has 0 aromatic rings. The lowest BCUT2D eigenvalue weighted by molar-refractivity contribution is 0.231. The summed E-state index contributed by atoms with van der Waals surface area (Å²) in [7, 11) is 0. The van der Waals surface area contributed by atoms with Gasteiger partial charge in [0.15, 0.2) is 0 Å². The third kappa shape index (κ3) is 1.87. The molecule has 0 fully saturated rings. The van der Waals surface area contributed by atoms with Gasteiger partial charge in [-0.2, -0.15) is 4.41 Å². The number of primary amides is 1. The van der Waals surface area contributed by atoms with Crippen molar-refractivity contribution in [2.24, 2.45) is 11.6 Å². The predicted molar refractivity (Wildman–Crippen MR) is 24.5 cm³/mol. The highest BCUT2D eigenvalue weighted by molar-refractivity contribution is 7.77. The van der Waals surface area contributed by atoms with Crippen LogP contribution < -0.4 is 11.6 Å². The fraction of sp³-hybridized carbons (Fsp3) is 0. The van der Waals surface area contributed by atoms with E-state index >= 15 is 0 Å². The molecule has 0 aromatic carbocycles. The average Bonchev–Trinajstić information content (AvgIpc) is 1.64. The van der Waals surface area contributed by atoms with Crippen LogP contribution in [0.2, 0.25) is 0 Å². The Morgan fingerprint density at radius 1 is 1.75 bits per heavy atom. The number of hydrogen-bond donors (Lipinski definition) is 2. The lowest BCUT2D eigenvalue weighted by atomic mass is 11.2. The van der Waals surface area contributed by atoms with Gasteiger partial charge in [0.1, 0.15) is 0 Å². The third-order valence-corrected chi connectivity index (χ3v) is 0.879. The van der Waals surface area contributed by atoms with Crippen molar-refractivity contribution in [2.45, 2.75) is 0 Å². The molecule has 2 amide bonds. The van der Waals surface area contributed by atoms with Crippen LogP contribution >= 0.6 is 0 Å². The van der Waals surface area contributed by atoms with Crippen LogP contribution in [0.5, 0.6) is 0 Å². The lowest BCUT2D eigenvalue weighted by Gasteiger charge is -2.14. The number of amides is 2. The maximum Gasteiger partial charge on any atom is 0.340 e. The van der Waals surface area contributed by atoms with Crippen LogP contribution in [-0.4, -0.2) is 19.2 Å². The van der Waals surface area contributed by atoms with E-state index in [9.17, 15) is 13.6 Å². The summed E-state index contributed by atoms with van der Waals surface area (Å²) < 4.78 is 19.2. The summed E-state index contributed by atoms with van der Waals surface area (Å²) in [5.74, 6) is 4.51. The standard InChI is InChI=1S/CH5N3O3S/c2-1(5)4(3)8(6)7/h3H2,(H2,2,5)(H,6,7)/p-1. The normalized spacial score (nSPS) is 12.8. The first-order chi connectivity index (χ1) is 3.55. The first-order valence-electron chi connectivity index (χ1n) is 1.49. The van der Waals surface area contributed by atoms with Crippen LogP contribution in [0, 0.1) is 0 Å². The molecule has 0 saturated carbocycles. The molecular formula is CH4N3O3S-. The molecule has 0 aliphatic heterocycles. The van der Waals surface area contributed by atoms with E-state index in [1.165, 1.54) is 0 Å². The fourth-order valence-electron chi connectivity index (χ4n) is 0.0735. The molecule has 1 atom stereocenters. The van der Waals surface area contributed by atoms with E-state index < -0.39 is 17.3 Å². The Morgan fingerprint density at radius 3 is 2.12 bits per heavy atom. The summed E-state index contributed by atoms with van der Waals surface area (Å²) in [6, 6.07) is -1.21. The Balaban J connectivity index is 3.83. The first kappa shape index (κ1) is 7.34. The van der Waals surface area contributed by atoms with Crippen molar-refractivity contribution in [1.82, 2.24) is 4.41 Å². The Morgan fingerprint density at radius 2 is 2.12 bits per heavy atom. The number of urea groups is 1. The predicted octanol–water partition coefficient (Wildman–Crippen LogP) is -1.97. The van der Waals surface area contributed by atoms with Crippen molar-refractivity contribution in [2.75, 3.05) is 0 Å². The molecule has 0 heterocycles. The summed E-state index contributed by atoms with van der Waals surface area (Å²) in [5, 5.41) is 0. The van der Waals surface area contributed by atoms with Gasteiger partial charge in [-0.3, -0.25) is 4.21 Å². The Kier molecular flexibility index (Phi) is 2.38. The molecule has 0 aliphatic carbocycles. The molecule has 4 N–H and O–H groups in total. The largest absolute Gasteiger partial charge is 0.754 e. The summed E-state index contributed by atoms with van der Waals surface area (Å²) in [5.41, 5.74) is 4.41. The topological polar surface area (TPSA) is 112 Å². The number of nitrogens with two attached hydrogens (primary N) is 2. The van der Waals surface area contributed by atoms with Crippen LogP contribution in [0.25, 0.3) is 0 Å². The van der Waals surface area contributed by atoms with E-state index in [0.29, 0.717) is 0 Å². The van der Waals surface area contributed by atoms with Gasteiger partial charge in [-0.1, -0.05) is 0 Å². The number of carbonyl (C=O) groups excluding carboxylic acids is 1. The second-order valence-corrected chi connectivity index (χ2v) is 1.71. The van der Waals surface area contributed by atoms with Gasteiger partial charge in [0, 0.05) is 0 Å². The maximum atomic E-state index is 9.77. The SMILES string of the molecule is NC(=O)N(N)S(=O)[O-]. The number of nitrogens with zero attached hydrogens (tertiary/aromatic N) is 1. The zero-order chi connectivity index (χ0) is 6.73. The molecule has 0 bridgehead atoms. The molecule has 0 rings (SSSR count). The molecule has 8 heavy (non-hydrogen) atoms. The minimum absolute atomic E-state index is 0.111. The molecule has 0 spiro atoms. The van der Waals surface area contributed by atoms with Gasteiger partial charge in [-0.05, 0) is 0 Å². The highest BCUT2D eigenvalue weighted by Crippen LogP contribution is 1.77. The van der Waals surface area contributed by atoms with E-state index in [0.717, 1.165) is 0 Å². The zero-order valence-corrected chi connectivity index (χ0v) is 4.55. The average molecular weight is 138 g/mol.